The number of rotatable bonds is 1. The van der Waals surface area contributed by atoms with Gasteiger partial charge in [0.15, 0.2) is 5.78 Å². The molecule has 0 unspecified atom stereocenters. The van der Waals surface area contributed by atoms with E-state index in [0.717, 1.165) is 10.2 Å². The summed E-state index contributed by atoms with van der Waals surface area (Å²) >= 11 is 3.36. The van der Waals surface area contributed by atoms with Gasteiger partial charge in [-0.1, -0.05) is 29.8 Å². The lowest BCUT2D eigenvalue weighted by Crippen LogP contribution is -2.37. The maximum absolute atomic E-state index is 14.5. The van der Waals surface area contributed by atoms with Crippen molar-refractivity contribution in [2.75, 3.05) is 0 Å². The van der Waals surface area contributed by atoms with Crippen LogP contribution in [-0.4, -0.2) is 5.78 Å². The normalized spacial score (nSPS) is 22.8. The molecule has 0 saturated heterocycles. The zero-order chi connectivity index (χ0) is 17.6. The molecule has 1 atom stereocenters. The quantitative estimate of drug-likeness (QED) is 0.757. The molecule has 5 heteroatoms. The van der Waals surface area contributed by atoms with Gasteiger partial charge in [0.05, 0.1) is 17.6 Å². The van der Waals surface area contributed by atoms with Crippen LogP contribution in [0.4, 0.5) is 4.39 Å². The van der Waals surface area contributed by atoms with E-state index < -0.39 is 11.7 Å². The molecule has 24 heavy (non-hydrogen) atoms. The molecule has 2 aliphatic rings. The van der Waals surface area contributed by atoms with Crippen LogP contribution in [0.5, 0.6) is 0 Å². The Labute approximate surface area is 149 Å². The Balaban J connectivity index is 2.24. The number of benzene rings is 1. The highest BCUT2D eigenvalue weighted by atomic mass is 79.9. The average molecular weight is 389 g/mol. The highest BCUT2D eigenvalue weighted by Gasteiger charge is 2.41. The Morgan fingerprint density at radius 3 is 2.75 bits per heavy atom. The van der Waals surface area contributed by atoms with Gasteiger partial charge in [0.25, 0.3) is 0 Å². The van der Waals surface area contributed by atoms with E-state index in [0.29, 0.717) is 35.2 Å². The number of allylic oxidation sites excluding steroid dienone is 4. The Hall–Kier alpha value is -1.93. The van der Waals surface area contributed by atoms with Crippen LogP contribution in [0, 0.1) is 22.6 Å². The number of dihydropyridines is 1. The molecule has 1 N–H and O–H groups in total. The van der Waals surface area contributed by atoms with Crippen molar-refractivity contribution in [1.82, 2.24) is 5.32 Å². The van der Waals surface area contributed by atoms with Gasteiger partial charge in [-0.3, -0.25) is 4.79 Å². The van der Waals surface area contributed by atoms with E-state index in [1.165, 1.54) is 6.07 Å². The molecular weight excluding hydrogens is 371 g/mol. The zero-order valence-electron chi connectivity index (χ0n) is 13.8. The van der Waals surface area contributed by atoms with Gasteiger partial charge in [0.1, 0.15) is 5.82 Å². The van der Waals surface area contributed by atoms with E-state index in [9.17, 15) is 14.4 Å². The van der Waals surface area contributed by atoms with Crippen molar-refractivity contribution in [3.8, 4) is 6.07 Å². The predicted molar refractivity (Wildman–Crippen MR) is 93.3 cm³/mol. The van der Waals surface area contributed by atoms with E-state index in [1.54, 1.807) is 19.1 Å². The van der Waals surface area contributed by atoms with Crippen molar-refractivity contribution in [2.45, 2.75) is 39.5 Å². The largest absolute Gasteiger partial charge is 0.361 e. The number of nitriles is 1. The molecule has 3 nitrogen and oxygen atoms in total. The minimum Gasteiger partial charge on any atom is -0.361 e. The van der Waals surface area contributed by atoms with Crippen LogP contribution in [0.15, 0.2) is 45.2 Å². The molecule has 1 aromatic carbocycles. The number of carbonyl (C=O) groups excluding carboxylic acids is 1. The summed E-state index contributed by atoms with van der Waals surface area (Å²) in [5.74, 6) is -1.07. The molecule has 0 aromatic heterocycles. The molecule has 0 fully saturated rings. The number of hydrogen-bond donors (Lipinski definition) is 1. The highest BCUT2D eigenvalue weighted by molar-refractivity contribution is 9.10. The second-order valence-corrected chi connectivity index (χ2v) is 8.12. The fourth-order valence-electron chi connectivity index (χ4n) is 3.63. The van der Waals surface area contributed by atoms with Crippen LogP contribution < -0.4 is 5.32 Å². The Morgan fingerprint density at radius 2 is 2.08 bits per heavy atom. The summed E-state index contributed by atoms with van der Waals surface area (Å²) in [6.07, 6.45) is 1.10. The smallest absolute Gasteiger partial charge is 0.162 e. The molecule has 124 valence electrons. The summed E-state index contributed by atoms with van der Waals surface area (Å²) in [4.78, 5) is 12.8. The molecule has 1 aliphatic carbocycles. The van der Waals surface area contributed by atoms with Crippen molar-refractivity contribution in [3.63, 3.8) is 0 Å². The maximum Gasteiger partial charge on any atom is 0.162 e. The monoisotopic (exact) mass is 388 g/mol. The van der Waals surface area contributed by atoms with Crippen LogP contribution in [-0.2, 0) is 4.79 Å². The Bertz CT molecular complexity index is 845. The van der Waals surface area contributed by atoms with E-state index in [1.807, 2.05) is 13.8 Å². The van der Waals surface area contributed by atoms with Crippen LogP contribution in [0.3, 0.4) is 0 Å². The fraction of sp³-hybridized carbons (Fsp3) is 0.368. The fourth-order valence-corrected chi connectivity index (χ4v) is 4.01. The first kappa shape index (κ1) is 16.9. The third-order valence-electron chi connectivity index (χ3n) is 4.63. The molecule has 1 aliphatic heterocycles. The lowest BCUT2D eigenvalue weighted by molar-refractivity contribution is -0.118. The van der Waals surface area contributed by atoms with Crippen molar-refractivity contribution in [1.29, 1.82) is 5.26 Å². The molecule has 0 saturated carbocycles. The molecule has 0 spiro atoms. The summed E-state index contributed by atoms with van der Waals surface area (Å²) in [5, 5.41) is 12.8. The summed E-state index contributed by atoms with van der Waals surface area (Å²) in [6, 6.07) is 6.81. The van der Waals surface area contributed by atoms with Crippen LogP contribution in [0.2, 0.25) is 0 Å². The van der Waals surface area contributed by atoms with Gasteiger partial charge >= 0.3 is 0 Å². The van der Waals surface area contributed by atoms with Crippen LogP contribution >= 0.6 is 15.9 Å². The van der Waals surface area contributed by atoms with Gasteiger partial charge < -0.3 is 5.32 Å². The first-order valence-electron chi connectivity index (χ1n) is 7.82. The second-order valence-electron chi connectivity index (χ2n) is 7.21. The molecular formula is C19H18BrFN2O. The Kier molecular flexibility index (Phi) is 4.13. The maximum atomic E-state index is 14.5. The zero-order valence-corrected chi connectivity index (χ0v) is 15.4. The molecule has 3 rings (SSSR count). The number of hydrogen-bond acceptors (Lipinski definition) is 3. The van der Waals surface area contributed by atoms with E-state index in [2.05, 4.69) is 27.3 Å². The number of nitrogens with one attached hydrogen (secondary N) is 1. The van der Waals surface area contributed by atoms with E-state index >= 15 is 0 Å². The summed E-state index contributed by atoms with van der Waals surface area (Å²) in [7, 11) is 0. The molecule has 1 heterocycles. The van der Waals surface area contributed by atoms with Gasteiger partial charge in [0.2, 0.25) is 0 Å². The first-order chi connectivity index (χ1) is 11.2. The van der Waals surface area contributed by atoms with Gasteiger partial charge in [-0.15, -0.1) is 0 Å². The van der Waals surface area contributed by atoms with Gasteiger partial charge in [0, 0.05) is 33.4 Å². The minimum atomic E-state index is -0.646. The predicted octanol–water partition coefficient (Wildman–Crippen LogP) is 4.72. The number of carbonyl (C=O) groups is 1. The summed E-state index contributed by atoms with van der Waals surface area (Å²) < 4.78 is 15.2. The van der Waals surface area contributed by atoms with Gasteiger partial charge in [-0.25, -0.2) is 4.39 Å². The van der Waals surface area contributed by atoms with E-state index in [-0.39, 0.29) is 11.2 Å². The standard InChI is InChI=1S/C19H18BrFN2O/c1-10-13(9-22)17(12-6-11(20)4-5-14(12)21)18-15(23-10)7-19(2,3)8-16(18)24/h4-6,17,23H,7-8H2,1-3H3/t17-/m1/s1. The SMILES string of the molecule is CC1=C(C#N)[C@@H](c2cc(Br)ccc2F)C2=C(CC(C)(C)CC2=O)N1. The topological polar surface area (TPSA) is 52.9 Å². The van der Waals surface area contributed by atoms with Gasteiger partial charge in [-0.2, -0.15) is 5.26 Å². The third-order valence-corrected chi connectivity index (χ3v) is 5.12. The highest BCUT2D eigenvalue weighted by Crippen LogP contribution is 2.47. The molecule has 0 radical (unpaired) electrons. The Morgan fingerprint density at radius 1 is 1.38 bits per heavy atom. The summed E-state index contributed by atoms with van der Waals surface area (Å²) in [5.41, 5.74) is 2.66. The molecule has 0 amide bonds. The van der Waals surface area contributed by atoms with Gasteiger partial charge in [-0.05, 0) is 37.0 Å². The van der Waals surface area contributed by atoms with Crippen molar-refractivity contribution < 1.29 is 9.18 Å². The van der Waals surface area contributed by atoms with Crippen molar-refractivity contribution in [3.05, 3.63) is 56.6 Å². The van der Waals surface area contributed by atoms with Crippen LogP contribution in [0.1, 0.15) is 45.1 Å². The minimum absolute atomic E-state index is 0.0154. The van der Waals surface area contributed by atoms with E-state index in [4.69, 9.17) is 0 Å². The number of nitrogens with zero attached hydrogens (tertiary/aromatic N) is 1. The van der Waals surface area contributed by atoms with Crippen molar-refractivity contribution >= 4 is 21.7 Å². The second kappa shape index (κ2) is 5.86. The van der Waals surface area contributed by atoms with Crippen LogP contribution in [0.25, 0.3) is 0 Å². The number of Topliss-reactive ketones (excluding diaryl/α,β-unsaturated/α-hetero) is 1. The molecule has 0 bridgehead atoms. The van der Waals surface area contributed by atoms with Crippen molar-refractivity contribution in [2.24, 2.45) is 5.41 Å². The first-order valence-corrected chi connectivity index (χ1v) is 8.62. The lowest BCUT2D eigenvalue weighted by Gasteiger charge is -2.38. The third kappa shape index (κ3) is 2.80. The number of ketones is 1. The molecule has 1 aromatic rings. The lowest BCUT2D eigenvalue weighted by atomic mass is 9.69. The summed E-state index contributed by atoms with van der Waals surface area (Å²) in [6.45, 7) is 5.89. The number of halogens is 2. The average Bonchev–Trinajstić information content (AvgIpc) is 2.47.